The van der Waals surface area contributed by atoms with Gasteiger partial charge in [0.05, 0.1) is 6.04 Å². The lowest BCUT2D eigenvalue weighted by Crippen LogP contribution is -2.41. The smallest absolute Gasteiger partial charge is 0.275 e. The Bertz CT molecular complexity index is 1330. The molecule has 0 spiro atoms. The first-order valence-electron chi connectivity index (χ1n) is 10.6. The molecule has 31 heavy (non-hydrogen) atoms. The van der Waals surface area contributed by atoms with Gasteiger partial charge in [-0.25, -0.2) is 4.68 Å². The zero-order valence-corrected chi connectivity index (χ0v) is 17.6. The molecule has 4 aromatic rings. The maximum atomic E-state index is 13.5. The lowest BCUT2D eigenvalue weighted by atomic mass is 9.91. The van der Waals surface area contributed by atoms with E-state index in [2.05, 4.69) is 53.4 Å². The summed E-state index contributed by atoms with van der Waals surface area (Å²) in [5, 5.41) is 5.41. The quantitative estimate of drug-likeness (QED) is 0.559. The highest BCUT2D eigenvalue weighted by molar-refractivity contribution is 5.93. The molecule has 5 rings (SSSR count). The van der Waals surface area contributed by atoms with Gasteiger partial charge in [0.1, 0.15) is 5.69 Å². The van der Waals surface area contributed by atoms with Crippen LogP contribution in [0.2, 0.25) is 0 Å². The predicted octanol–water partition coefficient (Wildman–Crippen LogP) is 3.61. The number of carbonyl (C=O) groups excluding carboxylic acids is 1. The van der Waals surface area contributed by atoms with Crippen LogP contribution in [0.1, 0.15) is 45.8 Å². The number of aromatic nitrogens is 3. The first kappa shape index (κ1) is 19.3. The molecular formula is C25H24N4O2. The number of fused-ring (bicyclic) bond motifs is 3. The number of nitrogens with zero attached hydrogens (tertiary/aromatic N) is 3. The topological polar surface area (TPSA) is 71.0 Å². The Morgan fingerprint density at radius 3 is 2.61 bits per heavy atom. The summed E-state index contributed by atoms with van der Waals surface area (Å²) in [4.78, 5) is 30.7. The van der Waals surface area contributed by atoms with E-state index in [1.54, 1.807) is 7.05 Å². The van der Waals surface area contributed by atoms with Gasteiger partial charge >= 0.3 is 0 Å². The van der Waals surface area contributed by atoms with E-state index in [1.807, 2.05) is 17.0 Å². The second-order valence-electron chi connectivity index (χ2n) is 7.99. The monoisotopic (exact) mass is 412 g/mol. The highest BCUT2D eigenvalue weighted by atomic mass is 16.2. The fraction of sp³-hybridized carbons (Fsp3) is 0.240. The summed E-state index contributed by atoms with van der Waals surface area (Å²) in [5.41, 5.74) is 5.75. The van der Waals surface area contributed by atoms with Gasteiger partial charge < -0.3 is 9.88 Å². The molecule has 1 atom stereocenters. The van der Waals surface area contributed by atoms with Gasteiger partial charge in [-0.1, -0.05) is 49.4 Å². The van der Waals surface area contributed by atoms with Gasteiger partial charge in [-0.2, -0.15) is 5.10 Å². The molecule has 6 heteroatoms. The molecule has 0 fully saturated rings. The Hall–Kier alpha value is -3.67. The van der Waals surface area contributed by atoms with E-state index in [0.29, 0.717) is 6.54 Å². The van der Waals surface area contributed by atoms with Crippen LogP contribution in [0.3, 0.4) is 0 Å². The first-order valence-corrected chi connectivity index (χ1v) is 10.6. The van der Waals surface area contributed by atoms with Crippen LogP contribution in [0.4, 0.5) is 0 Å². The molecule has 1 N–H and O–H groups in total. The van der Waals surface area contributed by atoms with Crippen LogP contribution >= 0.6 is 0 Å². The maximum Gasteiger partial charge on any atom is 0.275 e. The van der Waals surface area contributed by atoms with Crippen LogP contribution in [0.25, 0.3) is 10.9 Å². The van der Waals surface area contributed by atoms with Gasteiger partial charge in [0, 0.05) is 36.3 Å². The average Bonchev–Trinajstić information content (AvgIpc) is 3.18. The Balaban J connectivity index is 1.65. The summed E-state index contributed by atoms with van der Waals surface area (Å²) in [6.07, 6.45) is 1.73. The predicted molar refractivity (Wildman–Crippen MR) is 120 cm³/mol. The second kappa shape index (κ2) is 7.54. The van der Waals surface area contributed by atoms with Crippen molar-refractivity contribution in [2.45, 2.75) is 25.8 Å². The van der Waals surface area contributed by atoms with Crippen molar-refractivity contribution in [3.63, 3.8) is 0 Å². The fourth-order valence-corrected chi connectivity index (χ4v) is 4.51. The normalized spacial score (nSPS) is 15.8. The lowest BCUT2D eigenvalue weighted by Gasteiger charge is -2.36. The minimum Gasteiger partial charge on any atom is -0.356 e. The molecule has 0 saturated carbocycles. The van der Waals surface area contributed by atoms with Gasteiger partial charge in [0.15, 0.2) is 0 Å². The van der Waals surface area contributed by atoms with Crippen molar-refractivity contribution in [3.05, 3.63) is 99.1 Å². The summed E-state index contributed by atoms with van der Waals surface area (Å²) in [6, 6.07) is 19.4. The van der Waals surface area contributed by atoms with E-state index in [9.17, 15) is 9.59 Å². The molecule has 1 amide bonds. The third-order valence-corrected chi connectivity index (χ3v) is 6.18. The van der Waals surface area contributed by atoms with Gasteiger partial charge in [0.25, 0.3) is 11.5 Å². The third kappa shape index (κ3) is 3.24. The van der Waals surface area contributed by atoms with Crippen molar-refractivity contribution in [1.29, 1.82) is 0 Å². The van der Waals surface area contributed by atoms with E-state index in [-0.39, 0.29) is 23.2 Å². The Kier molecular flexibility index (Phi) is 4.70. The van der Waals surface area contributed by atoms with E-state index < -0.39 is 0 Å². The Labute approximate surface area is 180 Å². The third-order valence-electron chi connectivity index (χ3n) is 6.18. The molecule has 0 radical (unpaired) electrons. The van der Waals surface area contributed by atoms with Gasteiger partial charge in [-0.3, -0.25) is 9.59 Å². The first-order chi connectivity index (χ1) is 15.1. The SMILES string of the molecule is CCc1ccc([C@H]2c3[nH]c4ccccc4c3CCN2C(=O)c2ccc(=O)n(C)n2)cc1. The van der Waals surface area contributed by atoms with E-state index in [4.69, 9.17) is 0 Å². The average molecular weight is 412 g/mol. The van der Waals surface area contributed by atoms with Crippen molar-refractivity contribution in [3.8, 4) is 0 Å². The van der Waals surface area contributed by atoms with E-state index in [1.165, 1.54) is 33.3 Å². The number of carbonyl (C=O) groups is 1. The Morgan fingerprint density at radius 1 is 1.10 bits per heavy atom. The molecule has 0 saturated heterocycles. The van der Waals surface area contributed by atoms with Crippen LogP contribution < -0.4 is 5.56 Å². The number of H-pyrrole nitrogens is 1. The summed E-state index contributed by atoms with van der Waals surface area (Å²) in [6.45, 7) is 2.71. The van der Waals surface area contributed by atoms with Gasteiger partial charge in [0.2, 0.25) is 0 Å². The number of amides is 1. The number of hydrogen-bond acceptors (Lipinski definition) is 3. The summed E-state index contributed by atoms with van der Waals surface area (Å²) < 4.78 is 1.20. The largest absolute Gasteiger partial charge is 0.356 e. The van der Waals surface area contributed by atoms with Crippen LogP contribution in [-0.2, 0) is 19.9 Å². The molecule has 2 aromatic heterocycles. The molecule has 1 aliphatic rings. The highest BCUT2D eigenvalue weighted by Gasteiger charge is 2.35. The molecule has 3 heterocycles. The lowest BCUT2D eigenvalue weighted by molar-refractivity contribution is 0.0683. The fourth-order valence-electron chi connectivity index (χ4n) is 4.51. The maximum absolute atomic E-state index is 13.5. The van der Waals surface area contributed by atoms with Crippen LogP contribution in [0.5, 0.6) is 0 Å². The second-order valence-corrected chi connectivity index (χ2v) is 7.99. The van der Waals surface area contributed by atoms with Crippen molar-refractivity contribution in [2.24, 2.45) is 7.05 Å². The minimum absolute atomic E-state index is 0.176. The number of aromatic amines is 1. The molecule has 1 aliphatic heterocycles. The molecule has 0 aliphatic carbocycles. The van der Waals surface area contributed by atoms with E-state index >= 15 is 0 Å². The van der Waals surface area contributed by atoms with Crippen molar-refractivity contribution in [1.82, 2.24) is 19.7 Å². The van der Waals surface area contributed by atoms with Crippen molar-refractivity contribution >= 4 is 16.8 Å². The molecule has 2 aromatic carbocycles. The number of nitrogens with one attached hydrogen (secondary N) is 1. The Morgan fingerprint density at radius 2 is 1.87 bits per heavy atom. The van der Waals surface area contributed by atoms with Crippen molar-refractivity contribution < 1.29 is 4.79 Å². The summed E-state index contributed by atoms with van der Waals surface area (Å²) >= 11 is 0. The number of hydrogen-bond donors (Lipinski definition) is 1. The number of rotatable bonds is 3. The molecule has 0 bridgehead atoms. The molecule has 0 unspecified atom stereocenters. The standard InChI is InChI=1S/C25H24N4O2/c1-3-16-8-10-17(11-9-16)24-23-19(18-6-4-5-7-20(18)26-23)14-15-29(24)25(31)21-12-13-22(30)28(2)27-21/h4-13,24,26H,3,14-15H2,1-2H3/t24-/m0/s1. The zero-order chi connectivity index (χ0) is 21.5. The van der Waals surface area contributed by atoms with Crippen LogP contribution in [0, 0.1) is 0 Å². The van der Waals surface area contributed by atoms with E-state index in [0.717, 1.165) is 29.6 Å². The zero-order valence-electron chi connectivity index (χ0n) is 17.6. The van der Waals surface area contributed by atoms with Gasteiger partial charge in [-0.15, -0.1) is 0 Å². The highest BCUT2D eigenvalue weighted by Crippen LogP contribution is 2.39. The number of para-hydroxylation sites is 1. The minimum atomic E-state index is -0.242. The summed E-state index contributed by atoms with van der Waals surface area (Å²) in [5.74, 6) is -0.176. The number of aryl methyl sites for hydroxylation is 2. The molecule has 6 nitrogen and oxygen atoms in total. The van der Waals surface area contributed by atoms with Gasteiger partial charge in [-0.05, 0) is 41.7 Å². The van der Waals surface area contributed by atoms with Crippen molar-refractivity contribution in [2.75, 3.05) is 6.54 Å². The molecular weight excluding hydrogens is 388 g/mol. The van der Waals surface area contributed by atoms with Crippen LogP contribution in [0.15, 0.2) is 65.5 Å². The molecule has 156 valence electrons. The van der Waals surface area contributed by atoms with Crippen LogP contribution in [-0.4, -0.2) is 32.1 Å². The number of benzene rings is 2. The summed E-state index contributed by atoms with van der Waals surface area (Å²) in [7, 11) is 1.56.